The molecule has 0 radical (unpaired) electrons. The van der Waals surface area contributed by atoms with Crippen LogP contribution in [0.2, 0.25) is 0 Å². The summed E-state index contributed by atoms with van der Waals surface area (Å²) in [6.07, 6.45) is 2.93. The van der Waals surface area contributed by atoms with Crippen LogP contribution in [0.15, 0.2) is 36.5 Å². The molecule has 0 bridgehead atoms. The first-order valence-corrected chi connectivity index (χ1v) is 9.69. The van der Waals surface area contributed by atoms with Gasteiger partial charge in [0.1, 0.15) is 0 Å². The van der Waals surface area contributed by atoms with Crippen molar-refractivity contribution < 1.29 is 15.0 Å². The lowest BCUT2D eigenvalue weighted by atomic mass is 9.97. The van der Waals surface area contributed by atoms with Crippen LogP contribution in [0.3, 0.4) is 0 Å². The summed E-state index contributed by atoms with van der Waals surface area (Å²) in [5.74, 6) is -0.0405. The number of aromatic nitrogens is 2. The first-order valence-electron chi connectivity index (χ1n) is 9.69. The van der Waals surface area contributed by atoms with Crippen molar-refractivity contribution in [1.29, 1.82) is 0 Å². The molecule has 3 heterocycles. The first-order chi connectivity index (χ1) is 13.5. The van der Waals surface area contributed by atoms with Gasteiger partial charge in [0.2, 0.25) is 0 Å². The van der Waals surface area contributed by atoms with E-state index in [9.17, 15) is 15.0 Å². The fourth-order valence-corrected chi connectivity index (χ4v) is 3.67. The average Bonchev–Trinajstić information content (AvgIpc) is 2.94. The molecular formula is C22H25N3O3. The van der Waals surface area contributed by atoms with Crippen molar-refractivity contribution in [2.75, 3.05) is 13.1 Å². The molecule has 2 aromatic heterocycles. The van der Waals surface area contributed by atoms with E-state index >= 15 is 0 Å². The highest BCUT2D eigenvalue weighted by molar-refractivity contribution is 5.97. The Morgan fingerprint density at radius 3 is 2.57 bits per heavy atom. The van der Waals surface area contributed by atoms with E-state index in [-0.39, 0.29) is 11.7 Å². The average molecular weight is 379 g/mol. The number of aryl methyl sites for hydroxylation is 2. The van der Waals surface area contributed by atoms with Crippen LogP contribution >= 0.6 is 0 Å². The highest BCUT2D eigenvalue weighted by Gasteiger charge is 2.27. The molecule has 1 aliphatic rings. The number of rotatable bonds is 5. The van der Waals surface area contributed by atoms with Crippen LogP contribution in [-0.4, -0.2) is 43.5 Å². The number of aromatic hydroxyl groups is 1. The Labute approximate surface area is 164 Å². The Balaban J connectivity index is 1.72. The quantitative estimate of drug-likeness (QED) is 0.714. The van der Waals surface area contributed by atoms with Gasteiger partial charge in [-0.15, -0.1) is 0 Å². The second-order valence-corrected chi connectivity index (χ2v) is 7.46. The van der Waals surface area contributed by atoms with Crippen molar-refractivity contribution in [2.45, 2.75) is 39.2 Å². The number of pyridine rings is 1. The number of aliphatic hydroxyl groups excluding tert-OH is 1. The van der Waals surface area contributed by atoms with E-state index in [0.717, 1.165) is 36.5 Å². The number of hydrogen-bond acceptors (Lipinski definition) is 4. The van der Waals surface area contributed by atoms with Gasteiger partial charge in [0, 0.05) is 30.5 Å². The summed E-state index contributed by atoms with van der Waals surface area (Å²) < 4.78 is 1.79. The number of likely N-dealkylation sites (tertiary alicyclic amines) is 1. The minimum Gasteiger partial charge on any atom is -0.504 e. The van der Waals surface area contributed by atoms with E-state index in [4.69, 9.17) is 0 Å². The number of hydrogen-bond donors (Lipinski definition) is 2. The lowest BCUT2D eigenvalue weighted by molar-refractivity contribution is 0.0649. The first kappa shape index (κ1) is 18.5. The van der Waals surface area contributed by atoms with Gasteiger partial charge in [-0.25, -0.2) is 4.98 Å². The van der Waals surface area contributed by atoms with Gasteiger partial charge in [-0.2, -0.15) is 0 Å². The normalized spacial score (nSPS) is 14.9. The van der Waals surface area contributed by atoms with Gasteiger partial charge in [-0.3, -0.25) is 4.79 Å². The predicted octanol–water partition coefficient (Wildman–Crippen LogP) is 3.17. The fraction of sp³-hybridized carbons (Fsp3) is 0.364. The van der Waals surface area contributed by atoms with Gasteiger partial charge in [0.25, 0.3) is 5.91 Å². The lowest BCUT2D eigenvalue weighted by Crippen LogP contribution is -2.42. The van der Waals surface area contributed by atoms with Crippen molar-refractivity contribution in [3.05, 3.63) is 64.6 Å². The van der Waals surface area contributed by atoms with Crippen LogP contribution < -0.4 is 0 Å². The minimum atomic E-state index is -0.660. The van der Waals surface area contributed by atoms with Crippen molar-refractivity contribution >= 4 is 11.6 Å². The molecule has 1 aromatic carbocycles. The SMILES string of the molecule is Cc1nc2c(O)c(CCC(O)c3ccccc3)c(C(=O)N3CCC3)cn2c1C. The number of imidazole rings is 1. The molecular weight excluding hydrogens is 354 g/mol. The molecule has 1 amide bonds. The maximum absolute atomic E-state index is 13.0. The van der Waals surface area contributed by atoms with E-state index in [1.807, 2.05) is 44.2 Å². The zero-order valence-corrected chi connectivity index (χ0v) is 16.2. The van der Waals surface area contributed by atoms with Crippen LogP contribution in [-0.2, 0) is 6.42 Å². The van der Waals surface area contributed by atoms with Gasteiger partial charge in [-0.1, -0.05) is 30.3 Å². The summed E-state index contributed by atoms with van der Waals surface area (Å²) in [7, 11) is 0. The number of fused-ring (bicyclic) bond motifs is 1. The summed E-state index contributed by atoms with van der Waals surface area (Å²) in [5, 5.41) is 21.5. The molecule has 0 saturated carbocycles. The van der Waals surface area contributed by atoms with Crippen molar-refractivity contribution in [1.82, 2.24) is 14.3 Å². The van der Waals surface area contributed by atoms with Crippen molar-refractivity contribution in [3.8, 4) is 5.75 Å². The highest BCUT2D eigenvalue weighted by Crippen LogP contribution is 2.32. The summed E-state index contributed by atoms with van der Waals surface area (Å²) in [6, 6.07) is 9.43. The highest BCUT2D eigenvalue weighted by atomic mass is 16.3. The van der Waals surface area contributed by atoms with E-state index in [1.54, 1.807) is 15.5 Å². The zero-order valence-electron chi connectivity index (χ0n) is 16.2. The molecule has 0 aliphatic carbocycles. The third-order valence-corrected chi connectivity index (χ3v) is 5.69. The molecule has 2 N–H and O–H groups in total. The Bertz CT molecular complexity index is 1020. The van der Waals surface area contributed by atoms with Gasteiger partial charge >= 0.3 is 0 Å². The molecule has 1 aliphatic heterocycles. The maximum Gasteiger partial charge on any atom is 0.255 e. The molecule has 6 heteroatoms. The lowest BCUT2D eigenvalue weighted by Gasteiger charge is -2.31. The largest absolute Gasteiger partial charge is 0.504 e. The van der Waals surface area contributed by atoms with Crippen LogP contribution in [0.25, 0.3) is 5.65 Å². The van der Waals surface area contributed by atoms with E-state index in [0.29, 0.717) is 29.6 Å². The zero-order chi connectivity index (χ0) is 19.8. The molecule has 1 unspecified atom stereocenters. The minimum absolute atomic E-state index is 0.0304. The second-order valence-electron chi connectivity index (χ2n) is 7.46. The Kier molecular flexibility index (Phi) is 4.81. The second kappa shape index (κ2) is 7.28. The summed E-state index contributed by atoms with van der Waals surface area (Å²) in [5.41, 5.74) is 4.05. The molecule has 6 nitrogen and oxygen atoms in total. The summed E-state index contributed by atoms with van der Waals surface area (Å²) in [4.78, 5) is 19.2. The number of benzene rings is 1. The number of nitrogens with zero attached hydrogens (tertiary/aromatic N) is 3. The third-order valence-electron chi connectivity index (χ3n) is 5.69. The molecule has 1 atom stereocenters. The Morgan fingerprint density at radius 1 is 1.21 bits per heavy atom. The van der Waals surface area contributed by atoms with Crippen molar-refractivity contribution in [2.24, 2.45) is 0 Å². The van der Waals surface area contributed by atoms with Crippen LogP contribution in [0.4, 0.5) is 0 Å². The molecule has 0 spiro atoms. The topological polar surface area (TPSA) is 78.1 Å². The predicted molar refractivity (Wildman–Crippen MR) is 107 cm³/mol. The molecule has 3 aromatic rings. The maximum atomic E-state index is 13.0. The molecule has 4 rings (SSSR count). The van der Waals surface area contributed by atoms with E-state index in [2.05, 4.69) is 4.98 Å². The summed E-state index contributed by atoms with van der Waals surface area (Å²) >= 11 is 0. The van der Waals surface area contributed by atoms with Crippen molar-refractivity contribution in [3.63, 3.8) is 0 Å². The standard InChI is InChI=1S/C22H25N3O3/c1-14-15(2)25-13-18(22(28)24-11-6-12-24)17(20(27)21(25)23-14)9-10-19(26)16-7-4-3-5-8-16/h3-5,7-8,13,19,26-27H,6,9-12H2,1-2H3. The van der Waals surface area contributed by atoms with Gasteiger partial charge in [0.05, 0.1) is 17.4 Å². The van der Waals surface area contributed by atoms with Crippen LogP contribution in [0, 0.1) is 13.8 Å². The number of carbonyl (C=O) groups is 1. The number of carbonyl (C=O) groups excluding carboxylic acids is 1. The van der Waals surface area contributed by atoms with Gasteiger partial charge in [0.15, 0.2) is 11.4 Å². The number of aliphatic hydroxyl groups is 1. The van der Waals surface area contributed by atoms with Crippen LogP contribution in [0.1, 0.15) is 51.8 Å². The smallest absolute Gasteiger partial charge is 0.255 e. The van der Waals surface area contributed by atoms with Crippen LogP contribution in [0.5, 0.6) is 5.75 Å². The van der Waals surface area contributed by atoms with E-state index in [1.165, 1.54) is 0 Å². The monoisotopic (exact) mass is 379 g/mol. The molecule has 1 fully saturated rings. The summed E-state index contributed by atoms with van der Waals surface area (Å²) in [6.45, 7) is 5.29. The Morgan fingerprint density at radius 2 is 1.93 bits per heavy atom. The molecule has 28 heavy (non-hydrogen) atoms. The fourth-order valence-electron chi connectivity index (χ4n) is 3.67. The van der Waals surface area contributed by atoms with Gasteiger partial charge < -0.3 is 19.5 Å². The molecule has 1 saturated heterocycles. The Hall–Kier alpha value is -2.86. The number of amides is 1. The van der Waals surface area contributed by atoms with Gasteiger partial charge in [-0.05, 0) is 38.7 Å². The third kappa shape index (κ3) is 3.14. The van der Waals surface area contributed by atoms with E-state index < -0.39 is 6.10 Å². The molecule has 146 valence electrons.